The molecule has 1 aromatic rings. The Kier molecular flexibility index (Phi) is 5.59. The van der Waals surface area contributed by atoms with Crippen molar-refractivity contribution in [2.24, 2.45) is 28.9 Å². The number of nitrogens with zero attached hydrogens (tertiary/aromatic N) is 1. The summed E-state index contributed by atoms with van der Waals surface area (Å²) in [5, 5.41) is 2.97. The average molecular weight is 488 g/mol. The van der Waals surface area contributed by atoms with Crippen molar-refractivity contribution < 1.29 is 31.2 Å². The van der Waals surface area contributed by atoms with Gasteiger partial charge >= 0.3 is 0 Å². The van der Waals surface area contributed by atoms with Crippen LogP contribution in [0, 0.1) is 40.6 Å². The number of likely N-dealkylation sites (N-methyl/N-ethyl adjacent to an activating group) is 1. The molecular weight excluding hydrogens is 459 g/mol. The predicted octanol–water partition coefficient (Wildman–Crippen LogP) is 2.30. The summed E-state index contributed by atoms with van der Waals surface area (Å²) in [6.07, 6.45) is 3.70. The standard InChI is InChI=1S/C22H28F3N3O4S/c1-21(2,28(3)33(31,32)15-5-4-14(23)16(24)17(15)25)20(30)27-18-12-6-11-7-13(18)10-22(8-11,9-12)19(26)29/h4-5,11-13,18H,6-10H2,1-3H3,(H2,26,29)(H,27,30). The summed E-state index contributed by atoms with van der Waals surface area (Å²) in [4.78, 5) is 24.3. The molecule has 2 unspecified atom stereocenters. The van der Waals surface area contributed by atoms with Crippen LogP contribution in [0.15, 0.2) is 17.0 Å². The molecular formula is C22H28F3N3O4S. The fourth-order valence-electron chi connectivity index (χ4n) is 6.19. The Balaban J connectivity index is 1.55. The minimum atomic E-state index is -4.66. The monoisotopic (exact) mass is 487 g/mol. The highest BCUT2D eigenvalue weighted by Crippen LogP contribution is 2.60. The van der Waals surface area contributed by atoms with Gasteiger partial charge in [-0.1, -0.05) is 0 Å². The first-order valence-corrected chi connectivity index (χ1v) is 12.4. The molecule has 0 heterocycles. The van der Waals surface area contributed by atoms with Crippen LogP contribution in [0.1, 0.15) is 46.0 Å². The summed E-state index contributed by atoms with van der Waals surface area (Å²) >= 11 is 0. The van der Waals surface area contributed by atoms with Gasteiger partial charge in [-0.25, -0.2) is 21.6 Å². The molecule has 3 N–H and O–H groups in total. The van der Waals surface area contributed by atoms with Crippen molar-refractivity contribution in [3.05, 3.63) is 29.6 Å². The third kappa shape index (κ3) is 3.63. The first kappa shape index (κ1) is 24.0. The zero-order valence-electron chi connectivity index (χ0n) is 18.7. The van der Waals surface area contributed by atoms with Crippen LogP contribution in [0.4, 0.5) is 13.2 Å². The first-order chi connectivity index (χ1) is 15.2. The van der Waals surface area contributed by atoms with Crippen molar-refractivity contribution in [1.82, 2.24) is 9.62 Å². The van der Waals surface area contributed by atoms with Crippen molar-refractivity contribution in [2.75, 3.05) is 7.05 Å². The van der Waals surface area contributed by atoms with E-state index in [9.17, 15) is 31.2 Å². The van der Waals surface area contributed by atoms with Crippen LogP contribution < -0.4 is 11.1 Å². The minimum absolute atomic E-state index is 0.0639. The Morgan fingerprint density at radius 1 is 1.09 bits per heavy atom. The second-order valence-corrected chi connectivity index (χ2v) is 12.3. The molecule has 0 saturated heterocycles. The van der Waals surface area contributed by atoms with E-state index in [1.165, 1.54) is 13.8 Å². The molecule has 4 aliphatic rings. The lowest BCUT2D eigenvalue weighted by molar-refractivity contribution is -0.148. The molecule has 0 aromatic heterocycles. The Labute approximate surface area is 190 Å². The van der Waals surface area contributed by atoms with Gasteiger partial charge in [-0.05, 0) is 75.8 Å². The summed E-state index contributed by atoms with van der Waals surface area (Å²) in [5.74, 6) is -5.63. The zero-order chi connectivity index (χ0) is 24.5. The molecule has 33 heavy (non-hydrogen) atoms. The molecule has 4 saturated carbocycles. The number of amides is 2. The zero-order valence-corrected chi connectivity index (χ0v) is 19.5. The van der Waals surface area contributed by atoms with Crippen molar-refractivity contribution in [2.45, 2.75) is 62.4 Å². The van der Waals surface area contributed by atoms with E-state index in [0.29, 0.717) is 35.2 Å². The van der Waals surface area contributed by atoms with E-state index in [4.69, 9.17) is 5.73 Å². The second kappa shape index (κ2) is 7.69. The maximum absolute atomic E-state index is 14.2. The maximum atomic E-state index is 14.2. The number of hydrogen-bond acceptors (Lipinski definition) is 4. The molecule has 1 aromatic carbocycles. The van der Waals surface area contributed by atoms with Crippen LogP contribution in [-0.4, -0.2) is 43.2 Å². The highest BCUT2D eigenvalue weighted by Gasteiger charge is 2.58. The molecule has 4 fully saturated rings. The van der Waals surface area contributed by atoms with Crippen LogP contribution in [0.25, 0.3) is 0 Å². The smallest absolute Gasteiger partial charge is 0.246 e. The van der Waals surface area contributed by atoms with Gasteiger partial charge in [0.05, 0.1) is 0 Å². The van der Waals surface area contributed by atoms with E-state index in [1.54, 1.807) is 0 Å². The number of carbonyl (C=O) groups excluding carboxylic acids is 2. The van der Waals surface area contributed by atoms with Gasteiger partial charge in [0.2, 0.25) is 21.8 Å². The van der Waals surface area contributed by atoms with Gasteiger partial charge in [0.15, 0.2) is 17.5 Å². The number of carbonyl (C=O) groups is 2. The molecule has 4 aliphatic carbocycles. The number of nitrogens with two attached hydrogens (primary N) is 1. The van der Waals surface area contributed by atoms with E-state index in [2.05, 4.69) is 5.32 Å². The van der Waals surface area contributed by atoms with Gasteiger partial charge in [-0.3, -0.25) is 9.59 Å². The lowest BCUT2D eigenvalue weighted by Gasteiger charge is -2.59. The van der Waals surface area contributed by atoms with Crippen LogP contribution in [-0.2, 0) is 19.6 Å². The molecule has 182 valence electrons. The highest BCUT2D eigenvalue weighted by atomic mass is 32.2. The van der Waals surface area contributed by atoms with Crippen molar-refractivity contribution in [1.29, 1.82) is 0 Å². The molecule has 5 rings (SSSR count). The average Bonchev–Trinajstić information content (AvgIpc) is 2.73. The minimum Gasteiger partial charge on any atom is -0.369 e. The van der Waals surface area contributed by atoms with E-state index >= 15 is 0 Å². The predicted molar refractivity (Wildman–Crippen MR) is 112 cm³/mol. The molecule has 11 heteroatoms. The number of hydrogen-bond donors (Lipinski definition) is 2. The first-order valence-electron chi connectivity index (χ1n) is 10.9. The van der Waals surface area contributed by atoms with Gasteiger partial charge in [-0.15, -0.1) is 0 Å². The second-order valence-electron chi connectivity index (χ2n) is 10.3. The molecule has 0 aliphatic heterocycles. The summed E-state index contributed by atoms with van der Waals surface area (Å²) in [6.45, 7) is 2.72. The van der Waals surface area contributed by atoms with Crippen LogP contribution in [0.5, 0.6) is 0 Å². The third-order valence-corrected chi connectivity index (χ3v) is 10.1. The number of halogens is 3. The lowest BCUT2D eigenvalue weighted by atomic mass is 9.47. The van der Waals surface area contributed by atoms with Gasteiger partial charge in [0.1, 0.15) is 10.4 Å². The van der Waals surface area contributed by atoms with Gasteiger partial charge in [0.25, 0.3) is 0 Å². The topological polar surface area (TPSA) is 110 Å². The summed E-state index contributed by atoms with van der Waals surface area (Å²) in [6, 6.07) is 0.932. The number of rotatable bonds is 6. The molecule has 7 nitrogen and oxygen atoms in total. The molecule has 0 radical (unpaired) electrons. The number of benzene rings is 1. The fourth-order valence-corrected chi connectivity index (χ4v) is 7.72. The Hall–Kier alpha value is -2.14. The lowest BCUT2D eigenvalue weighted by Crippen LogP contribution is -2.65. The van der Waals surface area contributed by atoms with Gasteiger partial charge in [0, 0.05) is 18.5 Å². The normalized spacial score (nSPS) is 31.1. The quantitative estimate of drug-likeness (QED) is 0.600. The van der Waals surface area contributed by atoms with Crippen molar-refractivity contribution in [3.63, 3.8) is 0 Å². The molecule has 4 bridgehead atoms. The summed E-state index contributed by atoms with van der Waals surface area (Å²) < 4.78 is 67.8. The molecule has 0 spiro atoms. The van der Waals surface area contributed by atoms with Crippen LogP contribution in [0.2, 0.25) is 0 Å². The van der Waals surface area contributed by atoms with Crippen molar-refractivity contribution in [3.8, 4) is 0 Å². The highest BCUT2D eigenvalue weighted by molar-refractivity contribution is 7.89. The third-order valence-electron chi connectivity index (χ3n) is 8.07. The van der Waals surface area contributed by atoms with Crippen LogP contribution >= 0.6 is 0 Å². The Morgan fingerprint density at radius 3 is 2.21 bits per heavy atom. The van der Waals surface area contributed by atoms with E-state index < -0.39 is 49.2 Å². The molecule has 2 atom stereocenters. The summed E-state index contributed by atoms with van der Waals surface area (Å²) in [7, 11) is -3.57. The Bertz CT molecular complexity index is 1110. The Morgan fingerprint density at radius 2 is 1.67 bits per heavy atom. The van der Waals surface area contributed by atoms with Crippen LogP contribution in [0.3, 0.4) is 0 Å². The van der Waals surface area contributed by atoms with Crippen molar-refractivity contribution >= 4 is 21.8 Å². The van der Waals surface area contributed by atoms with E-state index in [1.807, 2.05) is 0 Å². The largest absolute Gasteiger partial charge is 0.369 e. The molecule has 2 amide bonds. The van der Waals surface area contributed by atoms with Gasteiger partial charge < -0.3 is 11.1 Å². The van der Waals surface area contributed by atoms with E-state index in [-0.39, 0.29) is 23.8 Å². The number of sulfonamides is 1. The summed E-state index contributed by atoms with van der Waals surface area (Å²) in [5.41, 5.74) is 3.51. The van der Waals surface area contributed by atoms with E-state index in [0.717, 1.165) is 26.3 Å². The van der Waals surface area contributed by atoms with Gasteiger partial charge in [-0.2, -0.15) is 4.31 Å². The SMILES string of the molecule is CN(C(C)(C)C(=O)NC1C2CC3CC1CC(C(N)=O)(C3)C2)S(=O)(=O)c1ccc(F)c(F)c1F. The number of nitrogens with one attached hydrogen (secondary N) is 1. The maximum Gasteiger partial charge on any atom is 0.246 e. The fraction of sp³-hybridized carbons (Fsp3) is 0.636. The number of primary amides is 1.